The lowest BCUT2D eigenvalue weighted by molar-refractivity contribution is 0.361. The molecule has 0 amide bonds. The third-order valence-electron chi connectivity index (χ3n) is 3.85. The predicted molar refractivity (Wildman–Crippen MR) is 95.2 cm³/mol. The molecule has 0 aliphatic heterocycles. The summed E-state index contributed by atoms with van der Waals surface area (Å²) >= 11 is 0. The number of nitrogens with zero attached hydrogens (tertiary/aromatic N) is 5. The van der Waals surface area contributed by atoms with Gasteiger partial charge in [-0.15, -0.1) is 0 Å². The molecule has 0 aliphatic rings. The Morgan fingerprint density at radius 1 is 1.00 bits per heavy atom. The molecule has 130 valence electrons. The summed E-state index contributed by atoms with van der Waals surface area (Å²) in [4.78, 5) is 17.8. The van der Waals surface area contributed by atoms with E-state index in [0.717, 1.165) is 22.6 Å². The van der Waals surface area contributed by atoms with Crippen LogP contribution in [0.3, 0.4) is 0 Å². The van der Waals surface area contributed by atoms with Gasteiger partial charge in [0.05, 0.1) is 5.69 Å². The molecular weight excluding hydrogens is 316 g/mol. The minimum Gasteiger partial charge on any atom is -0.343 e. The number of pyridine rings is 1. The van der Waals surface area contributed by atoms with E-state index in [2.05, 4.69) is 30.4 Å². The Morgan fingerprint density at radius 2 is 1.80 bits per heavy atom. The number of hydrogen-bond acceptors (Lipinski definition) is 7. The molecule has 0 fully saturated rings. The first-order valence-electron chi connectivity index (χ1n) is 8.31. The molecule has 0 aromatic carbocycles. The van der Waals surface area contributed by atoms with Crippen LogP contribution in [0.1, 0.15) is 55.8 Å². The zero-order valence-corrected chi connectivity index (χ0v) is 15.1. The van der Waals surface area contributed by atoms with Gasteiger partial charge in [0.15, 0.2) is 5.82 Å². The molecule has 3 heterocycles. The average Bonchev–Trinajstić information content (AvgIpc) is 3.05. The Bertz CT molecular complexity index is 874. The summed E-state index contributed by atoms with van der Waals surface area (Å²) < 4.78 is 5.32. The van der Waals surface area contributed by atoms with Gasteiger partial charge in [0, 0.05) is 29.1 Å². The molecule has 3 aromatic rings. The van der Waals surface area contributed by atoms with E-state index in [9.17, 15) is 0 Å². The maximum absolute atomic E-state index is 5.32. The van der Waals surface area contributed by atoms with E-state index in [1.807, 2.05) is 52.8 Å². The molecule has 1 N–H and O–H groups in total. The SMILES string of the molecule is Cc1ccc(-c2ccnc(NC(C)c3nc(C(C)C)no3)n2)c(C)n1. The summed E-state index contributed by atoms with van der Waals surface area (Å²) in [6, 6.07) is 5.69. The first kappa shape index (κ1) is 17.0. The van der Waals surface area contributed by atoms with Crippen LogP contribution in [0.15, 0.2) is 28.9 Å². The summed E-state index contributed by atoms with van der Waals surface area (Å²) in [5.41, 5.74) is 3.74. The summed E-state index contributed by atoms with van der Waals surface area (Å²) in [6.45, 7) is 9.94. The van der Waals surface area contributed by atoms with Crippen LogP contribution in [0.4, 0.5) is 5.95 Å². The zero-order chi connectivity index (χ0) is 18.0. The highest BCUT2D eigenvalue weighted by molar-refractivity contribution is 5.62. The van der Waals surface area contributed by atoms with Crippen LogP contribution < -0.4 is 5.32 Å². The van der Waals surface area contributed by atoms with E-state index < -0.39 is 0 Å². The summed E-state index contributed by atoms with van der Waals surface area (Å²) in [6.07, 6.45) is 1.73. The van der Waals surface area contributed by atoms with Crippen LogP contribution in [-0.2, 0) is 0 Å². The average molecular weight is 338 g/mol. The molecule has 7 heteroatoms. The minimum absolute atomic E-state index is 0.188. The van der Waals surface area contributed by atoms with E-state index in [0.29, 0.717) is 17.7 Å². The van der Waals surface area contributed by atoms with E-state index >= 15 is 0 Å². The molecule has 0 bridgehead atoms. The van der Waals surface area contributed by atoms with Crippen molar-refractivity contribution >= 4 is 5.95 Å². The van der Waals surface area contributed by atoms with Gasteiger partial charge in [0.2, 0.25) is 11.8 Å². The molecule has 0 radical (unpaired) electrons. The molecular formula is C18H22N6O. The zero-order valence-electron chi connectivity index (χ0n) is 15.1. The normalized spacial score (nSPS) is 12.4. The second-order valence-corrected chi connectivity index (χ2v) is 6.36. The Labute approximate surface area is 146 Å². The molecule has 0 saturated heterocycles. The summed E-state index contributed by atoms with van der Waals surface area (Å²) in [5, 5.41) is 7.20. The number of anilines is 1. The molecule has 1 unspecified atom stereocenters. The van der Waals surface area contributed by atoms with Gasteiger partial charge in [-0.1, -0.05) is 19.0 Å². The summed E-state index contributed by atoms with van der Waals surface area (Å²) in [7, 11) is 0. The lowest BCUT2D eigenvalue weighted by Gasteiger charge is -2.11. The van der Waals surface area contributed by atoms with E-state index in [1.165, 1.54) is 0 Å². The van der Waals surface area contributed by atoms with Crippen molar-refractivity contribution in [3.63, 3.8) is 0 Å². The Morgan fingerprint density at radius 3 is 2.48 bits per heavy atom. The second-order valence-electron chi connectivity index (χ2n) is 6.36. The monoisotopic (exact) mass is 338 g/mol. The van der Waals surface area contributed by atoms with E-state index in [4.69, 9.17) is 4.52 Å². The van der Waals surface area contributed by atoms with Crippen LogP contribution >= 0.6 is 0 Å². The van der Waals surface area contributed by atoms with Gasteiger partial charge in [-0.2, -0.15) is 4.98 Å². The molecule has 3 rings (SSSR count). The van der Waals surface area contributed by atoms with Crippen molar-refractivity contribution in [2.45, 2.75) is 46.6 Å². The number of nitrogens with one attached hydrogen (secondary N) is 1. The lowest BCUT2D eigenvalue weighted by atomic mass is 10.1. The lowest BCUT2D eigenvalue weighted by Crippen LogP contribution is -2.10. The van der Waals surface area contributed by atoms with Crippen LogP contribution in [0.5, 0.6) is 0 Å². The number of aryl methyl sites for hydroxylation is 2. The maximum Gasteiger partial charge on any atom is 0.248 e. The number of rotatable bonds is 5. The van der Waals surface area contributed by atoms with Crippen LogP contribution in [0.2, 0.25) is 0 Å². The molecule has 1 atom stereocenters. The van der Waals surface area contributed by atoms with Gasteiger partial charge >= 0.3 is 0 Å². The van der Waals surface area contributed by atoms with Crippen LogP contribution in [0.25, 0.3) is 11.3 Å². The topological polar surface area (TPSA) is 89.6 Å². The van der Waals surface area contributed by atoms with Crippen molar-refractivity contribution in [3.8, 4) is 11.3 Å². The number of hydrogen-bond donors (Lipinski definition) is 1. The third kappa shape index (κ3) is 3.81. The second kappa shape index (κ2) is 6.96. The van der Waals surface area contributed by atoms with Crippen LogP contribution in [0, 0.1) is 13.8 Å². The van der Waals surface area contributed by atoms with Gasteiger partial charge in [-0.05, 0) is 39.0 Å². The molecule has 0 saturated carbocycles. The fourth-order valence-electron chi connectivity index (χ4n) is 2.45. The molecule has 3 aromatic heterocycles. The fourth-order valence-corrected chi connectivity index (χ4v) is 2.45. The first-order valence-corrected chi connectivity index (χ1v) is 8.31. The van der Waals surface area contributed by atoms with Crippen molar-refractivity contribution < 1.29 is 4.52 Å². The Hall–Kier alpha value is -2.83. The highest BCUT2D eigenvalue weighted by atomic mass is 16.5. The molecule has 0 spiro atoms. The summed E-state index contributed by atoms with van der Waals surface area (Å²) in [5.74, 6) is 1.95. The standard InChI is InChI=1S/C18H22N6O/c1-10(2)16-23-17(25-24-16)13(5)21-18-19-9-8-15(22-18)14-7-6-11(3)20-12(14)4/h6-10,13H,1-5H3,(H,19,21,22). The number of aromatic nitrogens is 5. The minimum atomic E-state index is -0.188. The van der Waals surface area contributed by atoms with Gasteiger partial charge in [-0.3, -0.25) is 4.98 Å². The van der Waals surface area contributed by atoms with Crippen molar-refractivity contribution in [1.29, 1.82) is 0 Å². The Balaban J connectivity index is 1.81. The quantitative estimate of drug-likeness (QED) is 0.756. The molecule has 25 heavy (non-hydrogen) atoms. The van der Waals surface area contributed by atoms with Crippen molar-refractivity contribution in [2.75, 3.05) is 5.32 Å². The van der Waals surface area contributed by atoms with Crippen molar-refractivity contribution in [3.05, 3.63) is 47.5 Å². The predicted octanol–water partition coefficient (Wildman–Crippen LogP) is 3.83. The molecule has 7 nitrogen and oxygen atoms in total. The fraction of sp³-hybridized carbons (Fsp3) is 0.389. The third-order valence-corrected chi connectivity index (χ3v) is 3.85. The highest BCUT2D eigenvalue weighted by Gasteiger charge is 2.17. The van der Waals surface area contributed by atoms with Crippen LogP contribution in [-0.4, -0.2) is 25.1 Å². The van der Waals surface area contributed by atoms with Crippen molar-refractivity contribution in [1.82, 2.24) is 25.1 Å². The molecule has 0 aliphatic carbocycles. The smallest absolute Gasteiger partial charge is 0.248 e. The Kier molecular flexibility index (Phi) is 4.74. The van der Waals surface area contributed by atoms with Gasteiger partial charge in [0.1, 0.15) is 6.04 Å². The van der Waals surface area contributed by atoms with E-state index in [-0.39, 0.29) is 12.0 Å². The van der Waals surface area contributed by atoms with E-state index in [1.54, 1.807) is 6.20 Å². The van der Waals surface area contributed by atoms with Gasteiger partial charge in [0.25, 0.3) is 0 Å². The maximum atomic E-state index is 5.32. The largest absolute Gasteiger partial charge is 0.343 e. The van der Waals surface area contributed by atoms with Crippen molar-refractivity contribution in [2.24, 2.45) is 0 Å². The van der Waals surface area contributed by atoms with Gasteiger partial charge in [-0.25, -0.2) is 9.97 Å². The highest BCUT2D eigenvalue weighted by Crippen LogP contribution is 2.23. The van der Waals surface area contributed by atoms with Gasteiger partial charge < -0.3 is 9.84 Å². The first-order chi connectivity index (χ1) is 11.9.